The topological polar surface area (TPSA) is 98.6 Å². The highest BCUT2D eigenvalue weighted by Crippen LogP contribution is 2.47. The first-order chi connectivity index (χ1) is 17.5. The number of carbonyl (C=O) groups is 1. The molecule has 6 rings (SSSR count). The summed E-state index contributed by atoms with van der Waals surface area (Å²) >= 11 is 0. The van der Waals surface area contributed by atoms with Crippen LogP contribution in [0.4, 0.5) is 11.6 Å². The Balaban J connectivity index is 1.23. The second kappa shape index (κ2) is 9.54. The minimum Gasteiger partial charge on any atom is -0.369 e. The number of amides is 1. The molecule has 1 aromatic carbocycles. The summed E-state index contributed by atoms with van der Waals surface area (Å²) in [7, 11) is 0. The smallest absolute Gasteiger partial charge is 0.255 e. The zero-order valence-corrected chi connectivity index (χ0v) is 21.2. The van der Waals surface area contributed by atoms with Crippen LogP contribution in [0.1, 0.15) is 72.1 Å². The molecule has 0 bridgehead atoms. The number of primary amides is 1. The molecule has 4 heterocycles. The van der Waals surface area contributed by atoms with Gasteiger partial charge in [-0.2, -0.15) is 0 Å². The lowest BCUT2D eigenvalue weighted by molar-refractivity contribution is 0.1000. The Kier molecular flexibility index (Phi) is 6.23. The number of aryl methyl sites for hydroxylation is 1. The van der Waals surface area contributed by atoms with Crippen LogP contribution in [-0.2, 0) is 18.3 Å². The largest absolute Gasteiger partial charge is 0.369 e. The van der Waals surface area contributed by atoms with Crippen molar-refractivity contribution in [2.24, 2.45) is 5.73 Å². The Morgan fingerprint density at radius 3 is 2.56 bits per heavy atom. The first-order valence-electron chi connectivity index (χ1n) is 13.8. The van der Waals surface area contributed by atoms with Gasteiger partial charge in [-0.1, -0.05) is 6.42 Å². The molecule has 0 unspecified atom stereocenters. The number of H-pyrrole nitrogens is 1. The normalized spacial score (nSPS) is 21.4. The molecule has 1 aromatic heterocycles. The number of nitrogens with zero attached hydrogens (tertiary/aromatic N) is 4. The van der Waals surface area contributed by atoms with E-state index >= 15 is 0 Å². The van der Waals surface area contributed by atoms with Gasteiger partial charge in [0, 0.05) is 55.0 Å². The third-order valence-corrected chi connectivity index (χ3v) is 9.02. The van der Waals surface area contributed by atoms with E-state index in [0.717, 1.165) is 88.5 Å². The quantitative estimate of drug-likeness (QED) is 0.669. The van der Waals surface area contributed by atoms with E-state index in [1.807, 2.05) is 12.1 Å². The molecule has 2 fully saturated rings. The van der Waals surface area contributed by atoms with Crippen LogP contribution < -0.4 is 21.1 Å². The highest BCUT2D eigenvalue weighted by atomic mass is 16.1. The van der Waals surface area contributed by atoms with Gasteiger partial charge in [-0.25, -0.2) is 4.98 Å². The number of rotatable bonds is 5. The van der Waals surface area contributed by atoms with Crippen molar-refractivity contribution in [1.82, 2.24) is 14.9 Å². The van der Waals surface area contributed by atoms with Crippen molar-refractivity contribution in [3.63, 3.8) is 0 Å². The molecule has 8 heteroatoms. The lowest BCUT2D eigenvalue weighted by Gasteiger charge is -2.40. The number of aromatic nitrogens is 2. The lowest BCUT2D eigenvalue weighted by atomic mass is 9.74. The number of likely N-dealkylation sites (tertiary alicyclic amines) is 1. The number of benzene rings is 1. The van der Waals surface area contributed by atoms with Crippen molar-refractivity contribution in [3.8, 4) is 0 Å². The molecule has 36 heavy (non-hydrogen) atoms. The molecule has 3 aliphatic heterocycles. The van der Waals surface area contributed by atoms with Gasteiger partial charge in [0.1, 0.15) is 0 Å². The number of carbonyl (C=O) groups excluding carboxylic acids is 1. The number of fused-ring (bicyclic) bond motifs is 3. The van der Waals surface area contributed by atoms with Crippen molar-refractivity contribution in [3.05, 3.63) is 50.9 Å². The molecule has 1 spiro atoms. The fourth-order valence-corrected chi connectivity index (χ4v) is 6.88. The summed E-state index contributed by atoms with van der Waals surface area (Å²) in [6.45, 7) is 7.14. The molecule has 1 aliphatic carbocycles. The van der Waals surface area contributed by atoms with E-state index in [9.17, 15) is 9.59 Å². The molecular formula is C28H38N6O2. The second-order valence-corrected chi connectivity index (χ2v) is 11.2. The molecule has 0 radical (unpaired) electrons. The van der Waals surface area contributed by atoms with Crippen LogP contribution in [0, 0.1) is 0 Å². The standard InChI is InChI=1S/C28H38N6O2/c29-25(35)20-8-9-24-22(18-20)28(19-34(24)17-16-32-12-4-1-5-13-32)10-14-33(15-11-28)27-30-23-7-3-2-6-21(23)26(36)31-27/h8-9,18H,1-7,10-17,19H2,(H2,29,35)(H,30,31,36). The van der Waals surface area contributed by atoms with Crippen molar-refractivity contribution in [1.29, 1.82) is 0 Å². The SMILES string of the molecule is NC(=O)c1ccc2c(c1)C1(CCN(c3nc4c(c(=O)[nH]3)CCCC4)CC1)CN2CCN1CCCCC1. The van der Waals surface area contributed by atoms with Crippen LogP contribution in [0.15, 0.2) is 23.0 Å². The van der Waals surface area contributed by atoms with E-state index in [1.54, 1.807) is 0 Å². The van der Waals surface area contributed by atoms with E-state index in [0.29, 0.717) is 5.56 Å². The highest BCUT2D eigenvalue weighted by molar-refractivity contribution is 5.94. The van der Waals surface area contributed by atoms with E-state index in [4.69, 9.17) is 10.7 Å². The molecule has 4 aliphatic rings. The minimum atomic E-state index is -0.368. The average Bonchev–Trinajstić information content (AvgIpc) is 3.20. The zero-order chi connectivity index (χ0) is 24.7. The molecule has 8 nitrogen and oxygen atoms in total. The maximum atomic E-state index is 12.7. The minimum absolute atomic E-state index is 0.00626. The Bertz CT molecular complexity index is 1190. The molecular weight excluding hydrogens is 452 g/mol. The van der Waals surface area contributed by atoms with Gasteiger partial charge in [0.05, 0.1) is 5.69 Å². The van der Waals surface area contributed by atoms with Gasteiger partial charge < -0.3 is 20.4 Å². The summed E-state index contributed by atoms with van der Waals surface area (Å²) in [5.41, 5.74) is 10.7. The third kappa shape index (κ3) is 4.29. The first-order valence-corrected chi connectivity index (χ1v) is 13.8. The van der Waals surface area contributed by atoms with Crippen molar-refractivity contribution >= 4 is 17.5 Å². The molecule has 1 amide bonds. The predicted molar refractivity (Wildman–Crippen MR) is 142 cm³/mol. The van der Waals surface area contributed by atoms with Gasteiger partial charge in [-0.15, -0.1) is 0 Å². The second-order valence-electron chi connectivity index (χ2n) is 11.2. The van der Waals surface area contributed by atoms with Crippen LogP contribution in [0.25, 0.3) is 0 Å². The molecule has 2 aromatic rings. The number of piperidine rings is 2. The highest BCUT2D eigenvalue weighted by Gasteiger charge is 2.45. The van der Waals surface area contributed by atoms with Gasteiger partial charge in [-0.05, 0) is 88.2 Å². The number of hydrogen-bond acceptors (Lipinski definition) is 6. The van der Waals surface area contributed by atoms with E-state index < -0.39 is 0 Å². The van der Waals surface area contributed by atoms with Crippen LogP contribution in [0.5, 0.6) is 0 Å². The third-order valence-electron chi connectivity index (χ3n) is 9.02. The van der Waals surface area contributed by atoms with E-state index in [-0.39, 0.29) is 16.9 Å². The number of nitrogens with two attached hydrogens (primary N) is 1. The number of nitrogens with one attached hydrogen (secondary N) is 1. The summed E-state index contributed by atoms with van der Waals surface area (Å²) in [6, 6.07) is 6.04. The Labute approximate surface area is 212 Å². The number of anilines is 2. The summed E-state index contributed by atoms with van der Waals surface area (Å²) < 4.78 is 0. The van der Waals surface area contributed by atoms with Crippen molar-refractivity contribution in [2.45, 2.75) is 63.2 Å². The van der Waals surface area contributed by atoms with Crippen LogP contribution in [-0.4, -0.2) is 66.6 Å². The number of aromatic amines is 1. The molecule has 192 valence electrons. The van der Waals surface area contributed by atoms with Gasteiger partial charge in [0.25, 0.3) is 5.56 Å². The summed E-state index contributed by atoms with van der Waals surface area (Å²) in [5, 5.41) is 0. The maximum absolute atomic E-state index is 12.7. The fourth-order valence-electron chi connectivity index (χ4n) is 6.88. The molecule has 0 saturated carbocycles. The predicted octanol–water partition coefficient (Wildman–Crippen LogP) is 2.59. The number of hydrogen-bond donors (Lipinski definition) is 2. The van der Waals surface area contributed by atoms with Gasteiger partial charge in [0.2, 0.25) is 11.9 Å². The average molecular weight is 491 g/mol. The van der Waals surface area contributed by atoms with Crippen LogP contribution in [0.2, 0.25) is 0 Å². The van der Waals surface area contributed by atoms with Crippen LogP contribution in [0.3, 0.4) is 0 Å². The van der Waals surface area contributed by atoms with E-state index in [2.05, 4.69) is 25.8 Å². The monoisotopic (exact) mass is 490 g/mol. The summed E-state index contributed by atoms with van der Waals surface area (Å²) in [4.78, 5) is 40.1. The zero-order valence-electron chi connectivity index (χ0n) is 21.2. The maximum Gasteiger partial charge on any atom is 0.255 e. The van der Waals surface area contributed by atoms with Crippen LogP contribution >= 0.6 is 0 Å². The van der Waals surface area contributed by atoms with Crippen molar-refractivity contribution in [2.75, 3.05) is 55.6 Å². The van der Waals surface area contributed by atoms with Gasteiger partial charge in [-0.3, -0.25) is 14.6 Å². The molecule has 2 saturated heterocycles. The Hall–Kier alpha value is -2.87. The molecule has 3 N–H and O–H groups in total. The van der Waals surface area contributed by atoms with Crippen molar-refractivity contribution < 1.29 is 4.79 Å². The lowest BCUT2D eigenvalue weighted by Crippen LogP contribution is -2.47. The Morgan fingerprint density at radius 1 is 1.00 bits per heavy atom. The molecule has 0 atom stereocenters. The van der Waals surface area contributed by atoms with Gasteiger partial charge in [0.15, 0.2) is 0 Å². The summed E-state index contributed by atoms with van der Waals surface area (Å²) in [5.74, 6) is 0.356. The first kappa shape index (κ1) is 23.5. The Morgan fingerprint density at radius 2 is 1.78 bits per heavy atom. The van der Waals surface area contributed by atoms with E-state index in [1.165, 1.54) is 43.6 Å². The van der Waals surface area contributed by atoms with Gasteiger partial charge >= 0.3 is 0 Å². The summed E-state index contributed by atoms with van der Waals surface area (Å²) in [6.07, 6.45) is 9.80. The fraction of sp³-hybridized carbons (Fsp3) is 0.607.